The molecule has 152 valence electrons. The molecular weight excluding hydrogens is 424 g/mol. The number of hydrogen-bond donors (Lipinski definition) is 2. The number of rotatable bonds is 7. The normalized spacial score (nSPS) is 10.8. The second-order valence-electron chi connectivity index (χ2n) is 5.04. The summed E-state index contributed by atoms with van der Waals surface area (Å²) in [6.07, 6.45) is 1.51. The number of amides is 2. The Balaban J connectivity index is 1.79. The average molecular weight is 438 g/mol. The number of methoxy groups -OCH3 is 2. The number of benzene rings is 1. The van der Waals surface area contributed by atoms with Crippen LogP contribution in [0.3, 0.4) is 0 Å². The lowest BCUT2D eigenvalue weighted by molar-refractivity contribution is 0.256. The summed E-state index contributed by atoms with van der Waals surface area (Å²) >= 11 is 1.19. The standard InChI is InChI=1S/C15H14N6O6S2/c1-25-13-18-11(19-14(20-13)26-2)17-12(22)21-29(23,24)10-6-4-3-5-9(10)27-15-16-7-8-28-15/h3-8H,1-2H3,(H2,17,18,19,20,21,22). The molecule has 0 aliphatic heterocycles. The van der Waals surface area contributed by atoms with Gasteiger partial charge in [0, 0.05) is 11.6 Å². The lowest BCUT2D eigenvalue weighted by atomic mass is 10.3. The Bertz CT molecular complexity index is 1080. The van der Waals surface area contributed by atoms with E-state index in [4.69, 9.17) is 14.2 Å². The number of nitrogens with zero attached hydrogens (tertiary/aromatic N) is 4. The van der Waals surface area contributed by atoms with Crippen molar-refractivity contribution in [1.82, 2.24) is 24.7 Å². The zero-order valence-electron chi connectivity index (χ0n) is 15.0. The second kappa shape index (κ2) is 8.66. The van der Waals surface area contributed by atoms with E-state index in [2.05, 4.69) is 25.3 Å². The van der Waals surface area contributed by atoms with Crippen LogP contribution in [-0.4, -0.2) is 48.6 Å². The third kappa shape index (κ3) is 5.05. The van der Waals surface area contributed by atoms with E-state index >= 15 is 0 Å². The van der Waals surface area contributed by atoms with Gasteiger partial charge in [0.25, 0.3) is 15.2 Å². The van der Waals surface area contributed by atoms with Crippen molar-refractivity contribution >= 4 is 33.3 Å². The van der Waals surface area contributed by atoms with E-state index in [1.165, 1.54) is 50.0 Å². The summed E-state index contributed by atoms with van der Waals surface area (Å²) in [5.41, 5.74) is 0. The fraction of sp³-hybridized carbons (Fsp3) is 0.133. The van der Waals surface area contributed by atoms with Gasteiger partial charge in [-0.15, -0.1) is 4.98 Å². The maximum absolute atomic E-state index is 12.7. The summed E-state index contributed by atoms with van der Waals surface area (Å²) < 4.78 is 42.4. The van der Waals surface area contributed by atoms with Crippen LogP contribution in [-0.2, 0) is 10.0 Å². The van der Waals surface area contributed by atoms with Crippen molar-refractivity contribution in [2.24, 2.45) is 0 Å². The molecule has 0 saturated heterocycles. The minimum atomic E-state index is -4.29. The molecule has 14 heteroatoms. The van der Waals surface area contributed by atoms with Gasteiger partial charge in [-0.2, -0.15) is 9.97 Å². The van der Waals surface area contributed by atoms with E-state index in [1.807, 2.05) is 4.72 Å². The molecule has 0 saturated carbocycles. The van der Waals surface area contributed by atoms with E-state index in [1.54, 1.807) is 11.4 Å². The van der Waals surface area contributed by atoms with Gasteiger partial charge in [0.05, 0.1) is 14.2 Å². The second-order valence-corrected chi connectivity index (χ2v) is 7.55. The van der Waals surface area contributed by atoms with Gasteiger partial charge in [-0.25, -0.2) is 22.9 Å². The van der Waals surface area contributed by atoms with Gasteiger partial charge in [0.15, 0.2) is 5.75 Å². The first kappa shape index (κ1) is 20.2. The molecule has 0 atom stereocenters. The minimum Gasteiger partial charge on any atom is -0.467 e. The molecule has 0 aliphatic carbocycles. The highest BCUT2D eigenvalue weighted by molar-refractivity contribution is 7.90. The van der Waals surface area contributed by atoms with Gasteiger partial charge in [0.1, 0.15) is 4.90 Å². The van der Waals surface area contributed by atoms with Gasteiger partial charge >= 0.3 is 18.1 Å². The lowest BCUT2D eigenvalue weighted by Gasteiger charge is -2.11. The SMILES string of the molecule is COc1nc(NC(=O)NS(=O)(=O)c2ccccc2Oc2nccs2)nc(OC)n1. The zero-order valence-corrected chi connectivity index (χ0v) is 16.7. The Hall–Kier alpha value is -3.52. The quantitative estimate of drug-likeness (QED) is 0.556. The molecule has 0 bridgehead atoms. The van der Waals surface area contributed by atoms with E-state index in [0.29, 0.717) is 0 Å². The molecule has 3 rings (SSSR count). The molecule has 2 heterocycles. The molecule has 0 radical (unpaired) electrons. The number of carbonyl (C=O) groups is 1. The largest absolute Gasteiger partial charge is 0.467 e. The lowest BCUT2D eigenvalue weighted by Crippen LogP contribution is -2.35. The van der Waals surface area contributed by atoms with Crippen LogP contribution in [0.2, 0.25) is 0 Å². The van der Waals surface area contributed by atoms with Crippen LogP contribution in [0.5, 0.6) is 23.0 Å². The number of sulfonamides is 1. The molecular formula is C15H14N6O6S2. The summed E-state index contributed by atoms with van der Waals surface area (Å²) in [6, 6.07) is 4.44. The minimum absolute atomic E-state index is 0.00579. The van der Waals surface area contributed by atoms with Crippen molar-refractivity contribution in [3.63, 3.8) is 0 Å². The predicted octanol–water partition coefficient (Wildman–Crippen LogP) is 1.65. The van der Waals surface area contributed by atoms with Crippen molar-refractivity contribution in [1.29, 1.82) is 0 Å². The highest BCUT2D eigenvalue weighted by Crippen LogP contribution is 2.29. The Morgan fingerprint density at radius 3 is 2.38 bits per heavy atom. The van der Waals surface area contributed by atoms with Crippen LogP contribution in [0.4, 0.5) is 10.7 Å². The Morgan fingerprint density at radius 1 is 1.07 bits per heavy atom. The summed E-state index contributed by atoms with van der Waals surface area (Å²) in [6.45, 7) is 0. The molecule has 0 spiro atoms. The number of carbonyl (C=O) groups excluding carboxylic acids is 1. The summed E-state index contributed by atoms with van der Waals surface area (Å²) in [5.74, 6) is -0.264. The third-order valence-electron chi connectivity index (χ3n) is 3.16. The van der Waals surface area contributed by atoms with Crippen LogP contribution in [0.25, 0.3) is 0 Å². The molecule has 2 aromatic heterocycles. The van der Waals surface area contributed by atoms with Crippen LogP contribution >= 0.6 is 11.3 Å². The number of anilines is 1. The summed E-state index contributed by atoms with van der Waals surface area (Å²) in [7, 11) is -1.67. The van der Waals surface area contributed by atoms with Crippen LogP contribution in [0, 0.1) is 0 Å². The van der Waals surface area contributed by atoms with E-state index in [-0.39, 0.29) is 33.8 Å². The van der Waals surface area contributed by atoms with Crippen LogP contribution < -0.4 is 24.2 Å². The van der Waals surface area contributed by atoms with Gasteiger partial charge in [-0.05, 0) is 12.1 Å². The topological polar surface area (TPSA) is 155 Å². The van der Waals surface area contributed by atoms with Crippen LogP contribution in [0.15, 0.2) is 40.7 Å². The van der Waals surface area contributed by atoms with Crippen molar-refractivity contribution in [2.75, 3.05) is 19.5 Å². The Morgan fingerprint density at radius 2 is 1.76 bits per heavy atom. The van der Waals surface area contributed by atoms with Gasteiger partial charge < -0.3 is 14.2 Å². The Kier molecular flexibility index (Phi) is 6.04. The zero-order chi connectivity index (χ0) is 20.9. The molecule has 12 nitrogen and oxygen atoms in total. The average Bonchev–Trinajstić information content (AvgIpc) is 3.20. The number of nitrogens with one attached hydrogen (secondary N) is 2. The number of aromatic nitrogens is 4. The van der Waals surface area contributed by atoms with Crippen molar-refractivity contribution in [3.05, 3.63) is 35.8 Å². The molecule has 1 aromatic carbocycles. The molecule has 2 amide bonds. The van der Waals surface area contributed by atoms with Crippen LogP contribution in [0.1, 0.15) is 0 Å². The maximum Gasteiger partial charge on any atom is 0.335 e. The first-order valence-electron chi connectivity index (χ1n) is 7.75. The summed E-state index contributed by atoms with van der Waals surface area (Å²) in [4.78, 5) is 27.2. The number of hydrogen-bond acceptors (Lipinski definition) is 11. The van der Waals surface area contributed by atoms with Gasteiger partial charge in [0.2, 0.25) is 5.95 Å². The first-order chi connectivity index (χ1) is 13.9. The molecule has 0 fully saturated rings. The van der Waals surface area contributed by atoms with E-state index in [0.717, 1.165) is 0 Å². The fourth-order valence-electron chi connectivity index (χ4n) is 1.99. The third-order valence-corrected chi connectivity index (χ3v) is 5.18. The molecule has 0 aliphatic rings. The molecule has 0 unspecified atom stereocenters. The molecule has 29 heavy (non-hydrogen) atoms. The van der Waals surface area contributed by atoms with E-state index in [9.17, 15) is 13.2 Å². The monoisotopic (exact) mass is 438 g/mol. The predicted molar refractivity (Wildman–Crippen MR) is 101 cm³/mol. The first-order valence-corrected chi connectivity index (χ1v) is 10.1. The summed E-state index contributed by atoms with van der Waals surface area (Å²) in [5, 5.41) is 4.11. The number of ether oxygens (including phenoxy) is 3. The van der Waals surface area contributed by atoms with E-state index < -0.39 is 16.1 Å². The fourth-order valence-corrected chi connectivity index (χ4v) is 3.53. The Labute approximate surface area is 169 Å². The van der Waals surface area contributed by atoms with Crippen molar-refractivity contribution < 1.29 is 27.4 Å². The maximum atomic E-state index is 12.7. The molecule has 3 aromatic rings. The molecule has 2 N–H and O–H groups in total. The number of urea groups is 1. The van der Waals surface area contributed by atoms with Gasteiger partial charge in [-0.3, -0.25) is 5.32 Å². The van der Waals surface area contributed by atoms with Crippen molar-refractivity contribution in [3.8, 4) is 23.0 Å². The highest BCUT2D eigenvalue weighted by atomic mass is 32.2. The van der Waals surface area contributed by atoms with Gasteiger partial charge in [-0.1, -0.05) is 23.5 Å². The number of thiazole rings is 1. The van der Waals surface area contributed by atoms with Crippen molar-refractivity contribution in [2.45, 2.75) is 4.90 Å². The number of para-hydroxylation sites is 1. The highest BCUT2D eigenvalue weighted by Gasteiger charge is 2.23. The smallest absolute Gasteiger partial charge is 0.335 e.